The Morgan fingerprint density at radius 1 is 0.974 bits per heavy atom. The summed E-state index contributed by atoms with van der Waals surface area (Å²) in [5.74, 6) is 4.21. The molecule has 0 amide bonds. The van der Waals surface area contributed by atoms with Crippen LogP contribution in [0.5, 0.6) is 0 Å². The molecule has 5 rings (SSSR count). The average Bonchev–Trinajstić information content (AvgIpc) is 3.24. The second-order valence-corrected chi connectivity index (χ2v) is 15.2. The molecule has 0 aromatic carbocycles. The number of rotatable bonds is 9. The van der Waals surface area contributed by atoms with Crippen LogP contribution in [0, 0.1) is 46.3 Å². The molecule has 0 unspecified atom stereocenters. The molecule has 1 saturated heterocycles. The maximum absolute atomic E-state index is 12.2. The fourth-order valence-electron chi connectivity index (χ4n) is 10.6. The van der Waals surface area contributed by atoms with Gasteiger partial charge in [0.2, 0.25) is 0 Å². The van der Waals surface area contributed by atoms with Crippen molar-refractivity contribution in [2.75, 3.05) is 39.5 Å². The molecule has 5 aliphatic rings. The van der Waals surface area contributed by atoms with E-state index in [1.54, 1.807) is 0 Å². The normalized spacial score (nSPS) is 46.4. The van der Waals surface area contributed by atoms with E-state index in [1.807, 2.05) is 0 Å². The second-order valence-electron chi connectivity index (χ2n) is 15.2. The van der Waals surface area contributed by atoms with Crippen molar-refractivity contribution < 1.29 is 19.7 Å². The zero-order valence-corrected chi connectivity index (χ0v) is 25.3. The zero-order chi connectivity index (χ0) is 27.1. The minimum atomic E-state index is -1.02. The van der Waals surface area contributed by atoms with E-state index in [0.29, 0.717) is 36.2 Å². The van der Waals surface area contributed by atoms with Gasteiger partial charge >= 0.3 is 0 Å². The highest BCUT2D eigenvalue weighted by Crippen LogP contribution is 2.69. The van der Waals surface area contributed by atoms with Gasteiger partial charge in [-0.25, -0.2) is 0 Å². The quantitative estimate of drug-likeness (QED) is 0.386. The third kappa shape index (κ3) is 5.26. The number of hydrogen-bond acceptors (Lipinski definition) is 5. The van der Waals surface area contributed by atoms with Gasteiger partial charge in [0.1, 0.15) is 0 Å². The van der Waals surface area contributed by atoms with Crippen LogP contribution < -0.4 is 0 Å². The van der Waals surface area contributed by atoms with Crippen LogP contribution in [0.4, 0.5) is 0 Å². The van der Waals surface area contributed by atoms with Crippen LogP contribution in [0.2, 0.25) is 0 Å². The highest BCUT2D eigenvalue weighted by Gasteiger charge is 2.67. The second kappa shape index (κ2) is 11.6. The van der Waals surface area contributed by atoms with E-state index in [1.165, 1.54) is 44.9 Å². The number of ether oxygens (including phenoxy) is 2. The Bertz CT molecular complexity index is 785. The molecule has 5 fully saturated rings. The first kappa shape index (κ1) is 29.3. The van der Waals surface area contributed by atoms with Crippen LogP contribution in [0.3, 0.4) is 0 Å². The van der Waals surface area contributed by atoms with Crippen molar-refractivity contribution in [1.82, 2.24) is 4.90 Å². The van der Waals surface area contributed by atoms with Crippen molar-refractivity contribution in [1.29, 1.82) is 0 Å². The molecule has 10 atom stereocenters. The Labute approximate surface area is 233 Å². The van der Waals surface area contributed by atoms with Crippen molar-refractivity contribution in [2.24, 2.45) is 46.3 Å². The van der Waals surface area contributed by atoms with Gasteiger partial charge in [0.15, 0.2) is 0 Å². The summed E-state index contributed by atoms with van der Waals surface area (Å²) < 4.78 is 11.8. The van der Waals surface area contributed by atoms with Gasteiger partial charge in [0, 0.05) is 31.5 Å². The predicted molar refractivity (Wildman–Crippen MR) is 153 cm³/mol. The molecule has 220 valence electrons. The molecule has 0 aromatic rings. The van der Waals surface area contributed by atoms with Gasteiger partial charge in [0.05, 0.1) is 37.6 Å². The Morgan fingerprint density at radius 3 is 2.47 bits per heavy atom. The van der Waals surface area contributed by atoms with E-state index in [2.05, 4.69) is 39.5 Å². The summed E-state index contributed by atoms with van der Waals surface area (Å²) in [6, 6.07) is 0. The van der Waals surface area contributed by atoms with Gasteiger partial charge in [0.25, 0.3) is 0 Å². The topological polar surface area (TPSA) is 62.2 Å². The highest BCUT2D eigenvalue weighted by atomic mass is 16.5. The molecule has 0 radical (unpaired) electrons. The van der Waals surface area contributed by atoms with Crippen LogP contribution in [0.25, 0.3) is 0 Å². The Balaban J connectivity index is 1.22. The standard InChI is InChI=1S/C33H59NO4/c1-23(2)7-6-8-24(3)27-9-10-28-26-21-30(35)33(36)22-25(38-20-17-34-15-18-37-19-16-34)11-14-32(33,5)29(26)12-13-31(27,28)4/h23-30,35-36H,6-22H2,1-5H3/t24-,25+,26+,27-,28+,29+,30-,31-,32-,33+/m1/s1. The summed E-state index contributed by atoms with van der Waals surface area (Å²) in [4.78, 5) is 2.41. The molecule has 0 aromatic heterocycles. The molecule has 5 heteroatoms. The third-order valence-electron chi connectivity index (χ3n) is 12.9. The van der Waals surface area contributed by atoms with Gasteiger partial charge in [-0.3, -0.25) is 4.90 Å². The number of morpholine rings is 1. The Hall–Kier alpha value is -0.200. The lowest BCUT2D eigenvalue weighted by molar-refractivity contribution is -0.268. The smallest absolute Gasteiger partial charge is 0.0986 e. The molecule has 5 nitrogen and oxygen atoms in total. The molecule has 38 heavy (non-hydrogen) atoms. The van der Waals surface area contributed by atoms with Crippen molar-refractivity contribution in [2.45, 2.75) is 123 Å². The fraction of sp³-hybridized carbons (Fsp3) is 1.00. The van der Waals surface area contributed by atoms with Crippen LogP contribution in [-0.2, 0) is 9.47 Å². The van der Waals surface area contributed by atoms with E-state index >= 15 is 0 Å². The minimum Gasteiger partial charge on any atom is -0.390 e. The number of fused-ring (bicyclic) bond motifs is 5. The summed E-state index contributed by atoms with van der Waals surface area (Å²) >= 11 is 0. The average molecular weight is 534 g/mol. The summed E-state index contributed by atoms with van der Waals surface area (Å²) in [5, 5.41) is 23.8. The summed E-state index contributed by atoms with van der Waals surface area (Å²) in [6.07, 6.45) is 12.1. The number of aliphatic hydroxyl groups is 2. The molecular formula is C33H59NO4. The molecule has 1 heterocycles. The SMILES string of the molecule is CC(C)CCC[C@@H](C)[C@H]1CC[C@H]2[C@@H]3C[C@@H](O)[C@@]4(O)C[C@@H](OCCN5CCOCC5)CC[C@]4(C)[C@H]3CC[C@]12C. The van der Waals surface area contributed by atoms with E-state index in [0.717, 1.165) is 69.9 Å². The molecule has 4 aliphatic carbocycles. The van der Waals surface area contributed by atoms with Gasteiger partial charge in [-0.05, 0) is 85.9 Å². The van der Waals surface area contributed by atoms with E-state index < -0.39 is 11.7 Å². The highest BCUT2D eigenvalue weighted by molar-refractivity contribution is 5.17. The third-order valence-corrected chi connectivity index (χ3v) is 12.9. The largest absolute Gasteiger partial charge is 0.390 e. The van der Waals surface area contributed by atoms with Crippen molar-refractivity contribution in [3.8, 4) is 0 Å². The molecule has 0 spiro atoms. The summed E-state index contributed by atoms with van der Waals surface area (Å²) in [5.41, 5.74) is -0.822. The first-order valence-electron chi connectivity index (χ1n) is 16.4. The van der Waals surface area contributed by atoms with Crippen LogP contribution in [0.15, 0.2) is 0 Å². The van der Waals surface area contributed by atoms with Crippen LogP contribution in [-0.4, -0.2) is 72.4 Å². The number of nitrogens with zero attached hydrogens (tertiary/aromatic N) is 1. The van der Waals surface area contributed by atoms with Crippen LogP contribution >= 0.6 is 0 Å². The Morgan fingerprint density at radius 2 is 1.74 bits per heavy atom. The molecule has 0 bridgehead atoms. The van der Waals surface area contributed by atoms with E-state index in [4.69, 9.17) is 9.47 Å². The first-order valence-corrected chi connectivity index (χ1v) is 16.4. The number of aliphatic hydroxyl groups excluding tert-OH is 1. The minimum absolute atomic E-state index is 0.0525. The maximum atomic E-state index is 12.2. The van der Waals surface area contributed by atoms with Gasteiger partial charge in [-0.15, -0.1) is 0 Å². The first-order chi connectivity index (χ1) is 18.1. The van der Waals surface area contributed by atoms with Crippen molar-refractivity contribution >= 4 is 0 Å². The lowest BCUT2D eigenvalue weighted by Crippen LogP contribution is -2.68. The maximum Gasteiger partial charge on any atom is 0.0986 e. The molecule has 2 N–H and O–H groups in total. The van der Waals surface area contributed by atoms with Gasteiger partial charge in [-0.2, -0.15) is 0 Å². The van der Waals surface area contributed by atoms with Crippen molar-refractivity contribution in [3.63, 3.8) is 0 Å². The predicted octanol–water partition coefficient (Wildman–Crippen LogP) is 5.91. The van der Waals surface area contributed by atoms with E-state index in [9.17, 15) is 10.2 Å². The van der Waals surface area contributed by atoms with Gasteiger partial charge in [-0.1, -0.05) is 53.9 Å². The fourth-order valence-corrected chi connectivity index (χ4v) is 10.6. The van der Waals surface area contributed by atoms with Gasteiger partial charge < -0.3 is 19.7 Å². The molecule has 4 saturated carbocycles. The summed E-state index contributed by atoms with van der Waals surface area (Å²) in [6.45, 7) is 17.4. The number of hydrogen-bond donors (Lipinski definition) is 2. The molecular weight excluding hydrogens is 474 g/mol. The van der Waals surface area contributed by atoms with Crippen molar-refractivity contribution in [3.05, 3.63) is 0 Å². The lowest BCUT2D eigenvalue weighted by atomic mass is 9.42. The Kier molecular flexibility index (Phi) is 8.93. The zero-order valence-electron chi connectivity index (χ0n) is 25.3. The molecule has 1 aliphatic heterocycles. The van der Waals surface area contributed by atoms with E-state index in [-0.39, 0.29) is 11.5 Å². The lowest BCUT2D eigenvalue weighted by Gasteiger charge is -2.65. The summed E-state index contributed by atoms with van der Waals surface area (Å²) in [7, 11) is 0. The monoisotopic (exact) mass is 533 g/mol. The van der Waals surface area contributed by atoms with Crippen LogP contribution in [0.1, 0.15) is 105 Å².